The number of hydrogen-bond donors (Lipinski definition) is 1. The second kappa shape index (κ2) is 6.24. The van der Waals surface area contributed by atoms with Crippen LogP contribution in [0.1, 0.15) is 13.8 Å². The van der Waals surface area contributed by atoms with Crippen LogP contribution in [0, 0.1) is 0 Å². The van der Waals surface area contributed by atoms with Gasteiger partial charge in [-0.3, -0.25) is 0 Å². The number of ether oxygens (including phenoxy) is 2. The molecule has 0 saturated carbocycles. The number of allylic oxidation sites excluding steroid dienone is 1. The zero-order valence-corrected chi connectivity index (χ0v) is 10.4. The van der Waals surface area contributed by atoms with Crippen LogP contribution in [0.15, 0.2) is 11.3 Å². The Morgan fingerprint density at radius 1 is 1.24 bits per heavy atom. The Morgan fingerprint density at radius 2 is 1.82 bits per heavy atom. The second-order valence-corrected chi connectivity index (χ2v) is 3.90. The van der Waals surface area contributed by atoms with E-state index >= 15 is 0 Å². The van der Waals surface area contributed by atoms with E-state index in [1.54, 1.807) is 18.7 Å². The summed E-state index contributed by atoms with van der Waals surface area (Å²) in [6, 6.07) is -0.296. The molecule has 6 heteroatoms. The van der Waals surface area contributed by atoms with E-state index < -0.39 is 5.97 Å². The van der Waals surface area contributed by atoms with E-state index in [2.05, 4.69) is 10.1 Å². The van der Waals surface area contributed by atoms with Crippen LogP contribution in [-0.2, 0) is 14.3 Å². The minimum atomic E-state index is -0.536. The van der Waals surface area contributed by atoms with Gasteiger partial charge in [0.05, 0.1) is 20.3 Å². The van der Waals surface area contributed by atoms with Gasteiger partial charge < -0.3 is 19.7 Å². The van der Waals surface area contributed by atoms with Crippen molar-refractivity contribution in [2.45, 2.75) is 13.8 Å². The van der Waals surface area contributed by atoms with Crippen molar-refractivity contribution in [3.8, 4) is 0 Å². The van der Waals surface area contributed by atoms with Crippen molar-refractivity contribution in [3.05, 3.63) is 11.3 Å². The Labute approximate surface area is 101 Å². The van der Waals surface area contributed by atoms with Crippen LogP contribution >= 0.6 is 0 Å². The molecule has 0 aliphatic carbocycles. The fourth-order valence-electron chi connectivity index (χ4n) is 1.43. The molecule has 17 heavy (non-hydrogen) atoms. The van der Waals surface area contributed by atoms with E-state index in [1.165, 1.54) is 7.11 Å². The van der Waals surface area contributed by atoms with Crippen LogP contribution in [0.3, 0.4) is 0 Å². The Kier molecular flexibility index (Phi) is 4.96. The van der Waals surface area contributed by atoms with Crippen LogP contribution in [0.2, 0.25) is 0 Å². The molecule has 1 aliphatic rings. The van der Waals surface area contributed by atoms with E-state index in [-0.39, 0.29) is 11.7 Å². The molecule has 1 saturated heterocycles. The third-order valence-corrected chi connectivity index (χ3v) is 2.42. The van der Waals surface area contributed by atoms with Crippen LogP contribution in [0.4, 0.5) is 4.79 Å². The zero-order valence-electron chi connectivity index (χ0n) is 10.4. The molecule has 2 amide bonds. The highest BCUT2D eigenvalue weighted by Crippen LogP contribution is 2.04. The molecular formula is C11H18N2O4. The number of nitrogens with one attached hydrogen (secondary N) is 1. The lowest BCUT2D eigenvalue weighted by Crippen LogP contribution is -2.46. The fraction of sp³-hybridized carbons (Fsp3) is 0.636. The smallest absolute Gasteiger partial charge is 0.354 e. The minimum Gasteiger partial charge on any atom is -0.464 e. The summed E-state index contributed by atoms with van der Waals surface area (Å²) in [4.78, 5) is 24.9. The number of urea groups is 1. The predicted molar refractivity (Wildman–Crippen MR) is 61.3 cm³/mol. The second-order valence-electron chi connectivity index (χ2n) is 3.90. The van der Waals surface area contributed by atoms with Crippen LogP contribution in [0.25, 0.3) is 0 Å². The summed E-state index contributed by atoms with van der Waals surface area (Å²) in [7, 11) is 1.28. The third-order valence-electron chi connectivity index (χ3n) is 2.42. The first kappa shape index (κ1) is 13.5. The number of morpholine rings is 1. The zero-order chi connectivity index (χ0) is 12.8. The van der Waals surface area contributed by atoms with Gasteiger partial charge in [-0.2, -0.15) is 0 Å². The molecule has 96 valence electrons. The Hall–Kier alpha value is -1.56. The molecule has 1 aliphatic heterocycles. The summed E-state index contributed by atoms with van der Waals surface area (Å²) >= 11 is 0. The topological polar surface area (TPSA) is 67.9 Å². The molecule has 0 aromatic carbocycles. The van der Waals surface area contributed by atoms with Crippen molar-refractivity contribution in [3.63, 3.8) is 0 Å². The SMILES string of the molecule is COC(=O)C(NC(=O)N1CCOCC1)=C(C)C. The average molecular weight is 242 g/mol. The summed E-state index contributed by atoms with van der Waals surface area (Å²) in [5.74, 6) is -0.536. The quantitative estimate of drug-likeness (QED) is 0.565. The highest BCUT2D eigenvalue weighted by Gasteiger charge is 2.21. The molecule has 0 bridgehead atoms. The first-order chi connectivity index (χ1) is 8.06. The first-order valence-electron chi connectivity index (χ1n) is 5.45. The third kappa shape index (κ3) is 3.74. The molecule has 1 rings (SSSR count). The fourth-order valence-corrected chi connectivity index (χ4v) is 1.43. The van der Waals surface area contributed by atoms with Crippen LogP contribution in [0.5, 0.6) is 0 Å². The molecule has 0 aromatic heterocycles. The molecule has 6 nitrogen and oxygen atoms in total. The van der Waals surface area contributed by atoms with Gasteiger partial charge in [0.2, 0.25) is 0 Å². The molecule has 0 spiro atoms. The maximum atomic E-state index is 11.9. The number of carbonyl (C=O) groups is 2. The summed E-state index contributed by atoms with van der Waals surface area (Å²) in [5.41, 5.74) is 0.905. The van der Waals surface area contributed by atoms with Gasteiger partial charge in [0.1, 0.15) is 5.70 Å². The van der Waals surface area contributed by atoms with Gasteiger partial charge in [0, 0.05) is 13.1 Å². The Morgan fingerprint density at radius 3 is 2.29 bits per heavy atom. The number of rotatable bonds is 2. The number of methoxy groups -OCH3 is 1. The van der Waals surface area contributed by atoms with Crippen molar-refractivity contribution in [1.82, 2.24) is 10.2 Å². The van der Waals surface area contributed by atoms with Crippen molar-refractivity contribution < 1.29 is 19.1 Å². The highest BCUT2D eigenvalue weighted by molar-refractivity contribution is 5.93. The first-order valence-corrected chi connectivity index (χ1v) is 5.45. The summed E-state index contributed by atoms with van der Waals surface area (Å²) in [6.07, 6.45) is 0. The number of amides is 2. The molecule has 0 atom stereocenters. The normalized spacial score (nSPS) is 15.1. The molecule has 1 N–H and O–H groups in total. The van der Waals surface area contributed by atoms with Crippen LogP contribution < -0.4 is 5.32 Å². The largest absolute Gasteiger partial charge is 0.464 e. The standard InChI is InChI=1S/C11H18N2O4/c1-8(2)9(10(14)16-3)12-11(15)13-4-6-17-7-5-13/h4-7H2,1-3H3,(H,12,15). The summed E-state index contributed by atoms with van der Waals surface area (Å²) in [5, 5.41) is 2.57. The molecule has 0 aromatic rings. The van der Waals surface area contributed by atoms with Gasteiger partial charge in [0.15, 0.2) is 0 Å². The molecular weight excluding hydrogens is 224 g/mol. The molecule has 0 unspecified atom stereocenters. The van der Waals surface area contributed by atoms with Gasteiger partial charge in [-0.1, -0.05) is 0 Å². The number of nitrogens with zero attached hydrogens (tertiary/aromatic N) is 1. The Bertz CT molecular complexity index is 328. The Balaban J connectivity index is 2.64. The monoisotopic (exact) mass is 242 g/mol. The molecule has 1 fully saturated rings. The summed E-state index contributed by atoms with van der Waals surface area (Å²) in [6.45, 7) is 5.59. The average Bonchev–Trinajstić information content (AvgIpc) is 2.35. The van der Waals surface area contributed by atoms with Crippen LogP contribution in [-0.4, -0.2) is 50.3 Å². The van der Waals surface area contributed by atoms with Gasteiger partial charge in [-0.05, 0) is 19.4 Å². The van der Waals surface area contributed by atoms with E-state index in [0.717, 1.165) is 0 Å². The van der Waals surface area contributed by atoms with Gasteiger partial charge >= 0.3 is 12.0 Å². The highest BCUT2D eigenvalue weighted by atomic mass is 16.5. The van der Waals surface area contributed by atoms with Crippen molar-refractivity contribution >= 4 is 12.0 Å². The lowest BCUT2D eigenvalue weighted by molar-refractivity contribution is -0.136. The minimum absolute atomic E-state index is 0.198. The van der Waals surface area contributed by atoms with Gasteiger partial charge in [-0.25, -0.2) is 9.59 Å². The summed E-state index contributed by atoms with van der Waals surface area (Å²) < 4.78 is 9.75. The van der Waals surface area contributed by atoms with Gasteiger partial charge in [-0.15, -0.1) is 0 Å². The molecule has 0 radical (unpaired) electrons. The van der Waals surface area contributed by atoms with Crippen molar-refractivity contribution in [1.29, 1.82) is 0 Å². The van der Waals surface area contributed by atoms with Gasteiger partial charge in [0.25, 0.3) is 0 Å². The lowest BCUT2D eigenvalue weighted by atomic mass is 10.2. The van der Waals surface area contributed by atoms with E-state index in [4.69, 9.17) is 4.74 Å². The van der Waals surface area contributed by atoms with Crippen molar-refractivity contribution in [2.75, 3.05) is 33.4 Å². The van der Waals surface area contributed by atoms with E-state index in [0.29, 0.717) is 31.9 Å². The van der Waals surface area contributed by atoms with E-state index in [1.807, 2.05) is 0 Å². The lowest BCUT2D eigenvalue weighted by Gasteiger charge is -2.27. The van der Waals surface area contributed by atoms with E-state index in [9.17, 15) is 9.59 Å². The maximum Gasteiger partial charge on any atom is 0.354 e. The number of esters is 1. The maximum absolute atomic E-state index is 11.9. The number of hydrogen-bond acceptors (Lipinski definition) is 4. The predicted octanol–water partition coefficient (Wildman–Crippen LogP) is 0.495. The number of carbonyl (C=O) groups excluding carboxylic acids is 2. The van der Waals surface area contributed by atoms with Crippen molar-refractivity contribution in [2.24, 2.45) is 0 Å². The molecule has 1 heterocycles.